The van der Waals surface area contributed by atoms with Crippen molar-refractivity contribution >= 4 is 17.6 Å². The number of aliphatic carboxylic acids is 1. The molecule has 0 amide bonds. The van der Waals surface area contributed by atoms with Gasteiger partial charge in [-0.25, -0.2) is 0 Å². The predicted molar refractivity (Wildman–Crippen MR) is 141 cm³/mol. The fourth-order valence-corrected chi connectivity index (χ4v) is 5.27. The zero-order chi connectivity index (χ0) is 25.2. The number of halogens is 1. The topological polar surface area (TPSA) is 65.0 Å². The highest BCUT2D eigenvalue weighted by molar-refractivity contribution is 6.31. The molecule has 0 saturated heterocycles. The highest BCUT2D eigenvalue weighted by Crippen LogP contribution is 2.43. The lowest BCUT2D eigenvalue weighted by Gasteiger charge is -2.28. The molecule has 2 aliphatic rings. The molecule has 0 saturated carbocycles. The Balaban J connectivity index is 1.34. The average Bonchev–Trinajstić information content (AvgIpc) is 3.22. The lowest BCUT2D eigenvalue weighted by molar-refractivity contribution is -0.137. The van der Waals surface area contributed by atoms with Crippen LogP contribution in [0.25, 0.3) is 11.1 Å². The average molecular weight is 507 g/mol. The Bertz CT molecular complexity index is 1300. The van der Waals surface area contributed by atoms with Gasteiger partial charge in [0.1, 0.15) is 23.9 Å². The molecule has 0 fully saturated rings. The maximum atomic E-state index is 11.1. The van der Waals surface area contributed by atoms with Gasteiger partial charge in [0.05, 0.1) is 19.6 Å². The maximum absolute atomic E-state index is 11.1. The maximum Gasteiger partial charge on any atom is 0.304 e. The van der Waals surface area contributed by atoms with Crippen molar-refractivity contribution in [1.29, 1.82) is 0 Å². The van der Waals surface area contributed by atoms with Gasteiger partial charge in [-0.15, -0.1) is 0 Å². The molecular formula is C30H31ClO5. The summed E-state index contributed by atoms with van der Waals surface area (Å²) in [5.74, 6) is 1.44. The summed E-state index contributed by atoms with van der Waals surface area (Å²) in [5.41, 5.74) is 8.16. The van der Waals surface area contributed by atoms with Crippen LogP contribution in [-0.2, 0) is 24.2 Å². The number of ether oxygens (including phenoxy) is 3. The number of rotatable bonds is 10. The Labute approximate surface area is 217 Å². The molecule has 0 aromatic heterocycles. The molecule has 5 rings (SSSR count). The molecule has 188 valence electrons. The van der Waals surface area contributed by atoms with E-state index in [0.29, 0.717) is 29.7 Å². The number of benzene rings is 3. The number of hydrogen-bond acceptors (Lipinski definition) is 4. The van der Waals surface area contributed by atoms with Crippen molar-refractivity contribution in [2.45, 2.75) is 58.5 Å². The van der Waals surface area contributed by atoms with Crippen molar-refractivity contribution in [2.24, 2.45) is 0 Å². The van der Waals surface area contributed by atoms with Crippen LogP contribution in [0.4, 0.5) is 0 Å². The first-order chi connectivity index (χ1) is 17.4. The minimum Gasteiger partial charge on any atom is -0.493 e. The van der Waals surface area contributed by atoms with E-state index >= 15 is 0 Å². The molecular weight excluding hydrogens is 476 g/mol. The molecule has 0 unspecified atom stereocenters. The fraction of sp³-hybridized carbons (Fsp3) is 0.367. The SMILES string of the molecule is CCCCOc1cc(C)c(-c2ccc(Cl)c(COc3ccc4c(c3)OC[C@H]4CC(=O)O)c2)c2c1CC2. The number of hydrogen-bond donors (Lipinski definition) is 1. The van der Waals surface area contributed by atoms with E-state index in [1.165, 1.54) is 22.3 Å². The summed E-state index contributed by atoms with van der Waals surface area (Å²) < 4.78 is 17.9. The van der Waals surface area contributed by atoms with Crippen LogP contribution in [0.3, 0.4) is 0 Å². The number of carboxylic acids is 1. The molecule has 3 aromatic carbocycles. The number of fused-ring (bicyclic) bond motifs is 2. The van der Waals surface area contributed by atoms with Gasteiger partial charge >= 0.3 is 5.97 Å². The van der Waals surface area contributed by atoms with Crippen LogP contribution in [0.2, 0.25) is 5.02 Å². The molecule has 6 heteroatoms. The summed E-state index contributed by atoms with van der Waals surface area (Å²) >= 11 is 6.55. The normalized spacial score (nSPS) is 15.5. The van der Waals surface area contributed by atoms with Gasteiger partial charge in [0.25, 0.3) is 0 Å². The number of unbranched alkanes of at least 4 members (excludes halogenated alkanes) is 1. The predicted octanol–water partition coefficient (Wildman–Crippen LogP) is 7.12. The van der Waals surface area contributed by atoms with Gasteiger partial charge in [-0.3, -0.25) is 4.79 Å². The van der Waals surface area contributed by atoms with E-state index < -0.39 is 5.97 Å². The molecule has 5 nitrogen and oxygen atoms in total. The monoisotopic (exact) mass is 506 g/mol. The first kappa shape index (κ1) is 24.5. The minimum atomic E-state index is -0.824. The lowest BCUT2D eigenvalue weighted by atomic mass is 9.79. The van der Waals surface area contributed by atoms with Crippen molar-refractivity contribution in [1.82, 2.24) is 0 Å². The molecule has 0 spiro atoms. The van der Waals surface area contributed by atoms with Gasteiger partial charge in [-0.1, -0.05) is 37.1 Å². The Hall–Kier alpha value is -3.18. The molecule has 1 aliphatic carbocycles. The smallest absolute Gasteiger partial charge is 0.304 e. The molecule has 1 heterocycles. The van der Waals surface area contributed by atoms with Crippen molar-refractivity contribution in [3.05, 3.63) is 75.3 Å². The van der Waals surface area contributed by atoms with E-state index in [-0.39, 0.29) is 12.3 Å². The summed E-state index contributed by atoms with van der Waals surface area (Å²) in [4.78, 5) is 11.1. The summed E-state index contributed by atoms with van der Waals surface area (Å²) in [6, 6.07) is 13.9. The van der Waals surface area contributed by atoms with Crippen molar-refractivity contribution in [3.63, 3.8) is 0 Å². The van der Waals surface area contributed by atoms with Crippen LogP contribution in [0.1, 0.15) is 59.9 Å². The van der Waals surface area contributed by atoms with Crippen molar-refractivity contribution < 1.29 is 24.1 Å². The third-order valence-corrected chi connectivity index (χ3v) is 7.47. The second kappa shape index (κ2) is 10.4. The van der Waals surface area contributed by atoms with Gasteiger partial charge < -0.3 is 19.3 Å². The summed E-state index contributed by atoms with van der Waals surface area (Å²) in [6.07, 6.45) is 4.36. The van der Waals surface area contributed by atoms with E-state index in [1.54, 1.807) is 0 Å². The zero-order valence-corrected chi connectivity index (χ0v) is 21.5. The largest absolute Gasteiger partial charge is 0.493 e. The summed E-state index contributed by atoms with van der Waals surface area (Å²) in [6.45, 7) is 5.79. The quantitative estimate of drug-likeness (QED) is 0.296. The summed E-state index contributed by atoms with van der Waals surface area (Å²) in [7, 11) is 0. The van der Waals surface area contributed by atoms with Gasteiger partial charge in [0, 0.05) is 28.1 Å². The van der Waals surface area contributed by atoms with Crippen LogP contribution in [0, 0.1) is 6.92 Å². The third-order valence-electron chi connectivity index (χ3n) is 7.10. The van der Waals surface area contributed by atoms with Crippen molar-refractivity contribution in [2.75, 3.05) is 13.2 Å². The van der Waals surface area contributed by atoms with Crippen LogP contribution in [-0.4, -0.2) is 24.3 Å². The highest BCUT2D eigenvalue weighted by Gasteiger charge is 2.27. The van der Waals surface area contributed by atoms with Gasteiger partial charge in [-0.2, -0.15) is 0 Å². The van der Waals surface area contributed by atoms with Crippen LogP contribution < -0.4 is 14.2 Å². The third kappa shape index (κ3) is 4.90. The minimum absolute atomic E-state index is 0.0601. The molecule has 1 N–H and O–H groups in total. The number of carboxylic acid groups (broad SMARTS) is 1. The molecule has 0 bridgehead atoms. The number of carbonyl (C=O) groups is 1. The van der Waals surface area contributed by atoms with Crippen LogP contribution >= 0.6 is 11.6 Å². The fourth-order valence-electron chi connectivity index (χ4n) is 5.10. The van der Waals surface area contributed by atoms with E-state index in [1.807, 2.05) is 24.3 Å². The molecule has 1 atom stereocenters. The van der Waals surface area contributed by atoms with Crippen LogP contribution in [0.5, 0.6) is 17.2 Å². The Morgan fingerprint density at radius 2 is 1.94 bits per heavy atom. The van der Waals surface area contributed by atoms with Gasteiger partial charge in [-0.05, 0) is 78.3 Å². The Morgan fingerprint density at radius 1 is 1.11 bits per heavy atom. The first-order valence-corrected chi connectivity index (χ1v) is 13.0. The van der Waals surface area contributed by atoms with Gasteiger partial charge in [0.15, 0.2) is 0 Å². The second-order valence-corrected chi connectivity index (χ2v) is 10.0. The lowest BCUT2D eigenvalue weighted by Crippen LogP contribution is -2.14. The zero-order valence-electron chi connectivity index (χ0n) is 20.7. The van der Waals surface area contributed by atoms with Gasteiger partial charge in [0.2, 0.25) is 0 Å². The van der Waals surface area contributed by atoms with E-state index in [0.717, 1.165) is 54.7 Å². The second-order valence-electron chi connectivity index (χ2n) is 9.63. The van der Waals surface area contributed by atoms with Crippen LogP contribution in [0.15, 0.2) is 42.5 Å². The Morgan fingerprint density at radius 3 is 2.69 bits per heavy atom. The van der Waals surface area contributed by atoms with E-state index in [4.69, 9.17) is 30.9 Å². The Kier molecular flexibility index (Phi) is 7.10. The number of aryl methyl sites for hydroxylation is 1. The standard InChI is InChI=1S/C30H31ClO5/c1-3-4-11-34-27-12-18(2)30(25-9-8-24(25)27)19-5-10-26(31)21(13-19)17-35-22-6-7-23-20(14-29(32)33)16-36-28(23)15-22/h5-7,10,12-13,15,20H,3-4,8-9,11,14,16-17H2,1-2H3,(H,32,33)/t20-/m1/s1. The molecule has 3 aromatic rings. The highest BCUT2D eigenvalue weighted by atomic mass is 35.5. The van der Waals surface area contributed by atoms with E-state index in [9.17, 15) is 4.79 Å². The summed E-state index contributed by atoms with van der Waals surface area (Å²) in [5, 5.41) is 9.77. The molecule has 36 heavy (non-hydrogen) atoms. The molecule has 1 aliphatic heterocycles. The first-order valence-electron chi connectivity index (χ1n) is 12.6. The van der Waals surface area contributed by atoms with Crippen molar-refractivity contribution in [3.8, 4) is 28.4 Å². The molecule has 0 radical (unpaired) electrons. The van der Waals surface area contributed by atoms with E-state index in [2.05, 4.69) is 32.0 Å².